The molecule has 3 nitrogen and oxygen atoms in total. The van der Waals surface area contributed by atoms with Gasteiger partial charge in [-0.25, -0.2) is 0 Å². The molecule has 5 heteroatoms. The van der Waals surface area contributed by atoms with Gasteiger partial charge in [0.05, 0.1) is 13.0 Å². The Labute approximate surface area is 119 Å². The van der Waals surface area contributed by atoms with Crippen molar-refractivity contribution in [1.82, 2.24) is 0 Å². The van der Waals surface area contributed by atoms with Crippen molar-refractivity contribution in [1.29, 1.82) is 0 Å². The quantitative estimate of drug-likeness (QED) is 0.845. The second-order valence-corrected chi connectivity index (χ2v) is 6.17. The molecule has 2 heterocycles. The second-order valence-electron chi connectivity index (χ2n) is 4.78. The van der Waals surface area contributed by atoms with Crippen molar-refractivity contribution in [2.45, 2.75) is 17.7 Å². The average molecular weight is 331 g/mol. The van der Waals surface area contributed by atoms with Crippen molar-refractivity contribution >= 4 is 39.1 Å². The Hall–Kier alpha value is -0.580. The number of halogens is 2. The Morgan fingerprint density at radius 1 is 1.50 bits per heavy atom. The van der Waals surface area contributed by atoms with Crippen molar-refractivity contribution in [3.05, 3.63) is 28.3 Å². The fourth-order valence-corrected chi connectivity index (χ4v) is 3.72. The number of carbonyl (C=O) groups excluding carboxylic acids is 1. The number of ether oxygens (including phenoxy) is 1. The topological polar surface area (TPSA) is 38.3 Å². The molecule has 1 fully saturated rings. The van der Waals surface area contributed by atoms with E-state index in [0.29, 0.717) is 17.4 Å². The highest BCUT2D eigenvalue weighted by atomic mass is 79.9. The van der Waals surface area contributed by atoms with E-state index in [1.165, 1.54) is 0 Å². The number of alkyl halides is 1. The van der Waals surface area contributed by atoms with Crippen LogP contribution in [0, 0.1) is 5.92 Å². The van der Waals surface area contributed by atoms with Gasteiger partial charge in [-0.1, -0.05) is 33.6 Å². The van der Waals surface area contributed by atoms with Crippen LogP contribution < -0.4 is 5.32 Å². The Bertz CT molecular complexity index is 500. The highest BCUT2D eigenvalue weighted by Crippen LogP contribution is 2.41. The van der Waals surface area contributed by atoms with Gasteiger partial charge >= 0.3 is 0 Å². The number of nitrogens with one attached hydrogen (secondary N) is 1. The van der Waals surface area contributed by atoms with E-state index in [2.05, 4.69) is 21.2 Å². The second kappa shape index (κ2) is 4.83. The Balaban J connectivity index is 1.92. The van der Waals surface area contributed by atoms with Gasteiger partial charge < -0.3 is 10.1 Å². The fraction of sp³-hybridized carbons (Fsp3) is 0.462. The van der Waals surface area contributed by atoms with Crippen LogP contribution in [0.5, 0.6) is 0 Å². The highest BCUT2D eigenvalue weighted by Gasteiger charge is 2.28. The van der Waals surface area contributed by atoms with Crippen LogP contribution in [0.1, 0.15) is 22.4 Å². The van der Waals surface area contributed by atoms with Crippen molar-refractivity contribution in [2.24, 2.45) is 5.92 Å². The number of carbonyl (C=O) groups is 1. The minimum atomic E-state index is 0.0357. The molecule has 2 atom stereocenters. The SMILES string of the molecule is O=C1Cc2cc(C(Br)C3CCOC3)c(Cl)cc2N1. The van der Waals surface area contributed by atoms with Gasteiger partial charge in [-0.2, -0.15) is 0 Å². The number of rotatable bonds is 2. The summed E-state index contributed by atoms with van der Waals surface area (Å²) < 4.78 is 5.41. The molecule has 2 unspecified atom stereocenters. The van der Waals surface area contributed by atoms with E-state index < -0.39 is 0 Å². The maximum absolute atomic E-state index is 11.4. The fourth-order valence-electron chi connectivity index (χ4n) is 2.52. The molecule has 1 N–H and O–H groups in total. The summed E-state index contributed by atoms with van der Waals surface area (Å²) in [4.78, 5) is 11.6. The van der Waals surface area contributed by atoms with Gasteiger partial charge in [0.25, 0.3) is 0 Å². The molecule has 1 amide bonds. The smallest absolute Gasteiger partial charge is 0.228 e. The van der Waals surface area contributed by atoms with Crippen LogP contribution in [0.4, 0.5) is 5.69 Å². The zero-order valence-corrected chi connectivity index (χ0v) is 12.1. The molecule has 0 radical (unpaired) electrons. The molecular formula is C13H13BrClNO2. The minimum absolute atomic E-state index is 0.0357. The van der Waals surface area contributed by atoms with Crippen LogP contribution in [0.3, 0.4) is 0 Å². The van der Waals surface area contributed by atoms with Gasteiger partial charge in [0.2, 0.25) is 5.91 Å². The molecule has 3 rings (SSSR count). The molecule has 2 aliphatic rings. The number of hydrogen-bond donors (Lipinski definition) is 1. The molecule has 1 saturated heterocycles. The van der Waals surface area contributed by atoms with Crippen LogP contribution in [-0.4, -0.2) is 19.1 Å². The lowest BCUT2D eigenvalue weighted by molar-refractivity contribution is -0.115. The van der Waals surface area contributed by atoms with Crippen molar-refractivity contribution in [3.8, 4) is 0 Å². The number of anilines is 1. The largest absolute Gasteiger partial charge is 0.381 e. The standard InChI is InChI=1S/C13H13BrClNO2/c14-13(7-1-2-18-6-7)9-3-8-4-12(17)16-11(8)5-10(9)15/h3,5,7,13H,1-2,4,6H2,(H,16,17). The van der Waals surface area contributed by atoms with E-state index in [0.717, 1.165) is 36.4 Å². The third-order valence-electron chi connectivity index (χ3n) is 3.52. The molecule has 18 heavy (non-hydrogen) atoms. The van der Waals surface area contributed by atoms with Crippen molar-refractivity contribution < 1.29 is 9.53 Å². The lowest BCUT2D eigenvalue weighted by Crippen LogP contribution is -2.08. The molecule has 0 aliphatic carbocycles. The lowest BCUT2D eigenvalue weighted by Gasteiger charge is -2.18. The molecule has 96 valence electrons. The first-order chi connectivity index (χ1) is 8.65. The molecular weight excluding hydrogens is 318 g/mol. The maximum atomic E-state index is 11.4. The van der Waals surface area contributed by atoms with Gasteiger partial charge in [0.1, 0.15) is 0 Å². The maximum Gasteiger partial charge on any atom is 0.228 e. The Kier molecular flexibility index (Phi) is 3.34. The van der Waals surface area contributed by atoms with E-state index in [-0.39, 0.29) is 10.7 Å². The molecule has 1 aromatic carbocycles. The zero-order valence-electron chi connectivity index (χ0n) is 9.71. The Morgan fingerprint density at radius 2 is 2.33 bits per heavy atom. The predicted molar refractivity (Wildman–Crippen MR) is 74.4 cm³/mol. The van der Waals surface area contributed by atoms with Crippen LogP contribution in [0.15, 0.2) is 12.1 Å². The summed E-state index contributed by atoms with van der Waals surface area (Å²) in [7, 11) is 0. The summed E-state index contributed by atoms with van der Waals surface area (Å²) in [6.45, 7) is 1.58. The van der Waals surface area contributed by atoms with Gasteiger partial charge in [0, 0.05) is 28.1 Å². The number of benzene rings is 1. The molecule has 0 saturated carbocycles. The molecule has 0 aromatic heterocycles. The average Bonchev–Trinajstić information content (AvgIpc) is 2.94. The molecule has 1 aromatic rings. The van der Waals surface area contributed by atoms with E-state index in [9.17, 15) is 4.79 Å². The number of hydrogen-bond acceptors (Lipinski definition) is 2. The zero-order chi connectivity index (χ0) is 12.7. The van der Waals surface area contributed by atoms with Crippen molar-refractivity contribution in [2.75, 3.05) is 18.5 Å². The first-order valence-corrected chi connectivity index (χ1v) is 7.28. The predicted octanol–water partition coefficient (Wildman–Crippen LogP) is 3.31. The summed E-state index contributed by atoms with van der Waals surface area (Å²) in [6.07, 6.45) is 1.49. The van der Waals surface area contributed by atoms with E-state index in [1.54, 1.807) is 0 Å². The monoisotopic (exact) mass is 329 g/mol. The van der Waals surface area contributed by atoms with Gasteiger partial charge in [-0.3, -0.25) is 4.79 Å². The van der Waals surface area contributed by atoms with Crippen LogP contribution in [-0.2, 0) is 16.0 Å². The third kappa shape index (κ3) is 2.17. The van der Waals surface area contributed by atoms with Crippen LogP contribution in [0.25, 0.3) is 0 Å². The van der Waals surface area contributed by atoms with Crippen molar-refractivity contribution in [3.63, 3.8) is 0 Å². The number of amides is 1. The normalized spacial score (nSPS) is 23.9. The summed E-state index contributed by atoms with van der Waals surface area (Å²) >= 11 is 10.0. The lowest BCUT2D eigenvalue weighted by atomic mass is 9.96. The van der Waals surface area contributed by atoms with E-state index in [4.69, 9.17) is 16.3 Å². The highest BCUT2D eigenvalue weighted by molar-refractivity contribution is 9.09. The Morgan fingerprint density at radius 3 is 3.06 bits per heavy atom. The van der Waals surface area contributed by atoms with E-state index in [1.807, 2.05) is 12.1 Å². The van der Waals surface area contributed by atoms with Gasteiger partial charge in [0.15, 0.2) is 0 Å². The van der Waals surface area contributed by atoms with Gasteiger partial charge in [-0.15, -0.1) is 0 Å². The first-order valence-electron chi connectivity index (χ1n) is 5.99. The summed E-state index contributed by atoms with van der Waals surface area (Å²) in [6, 6.07) is 3.88. The first kappa shape index (κ1) is 12.5. The summed E-state index contributed by atoms with van der Waals surface area (Å²) in [5, 5.41) is 3.51. The molecule has 0 bridgehead atoms. The summed E-state index contributed by atoms with van der Waals surface area (Å²) in [5.74, 6) is 0.485. The number of fused-ring (bicyclic) bond motifs is 1. The third-order valence-corrected chi connectivity index (χ3v) is 5.09. The van der Waals surface area contributed by atoms with Crippen LogP contribution >= 0.6 is 27.5 Å². The van der Waals surface area contributed by atoms with E-state index >= 15 is 0 Å². The molecule has 2 aliphatic heterocycles. The van der Waals surface area contributed by atoms with Gasteiger partial charge in [-0.05, 0) is 23.6 Å². The summed E-state index contributed by atoms with van der Waals surface area (Å²) in [5.41, 5.74) is 2.93. The molecule has 0 spiro atoms. The minimum Gasteiger partial charge on any atom is -0.381 e. The van der Waals surface area contributed by atoms with Crippen LogP contribution in [0.2, 0.25) is 5.02 Å².